The molecule has 1 radical (unpaired) electrons. The second kappa shape index (κ2) is 4.89. The predicted molar refractivity (Wildman–Crippen MR) is 55.9 cm³/mol. The number of nitrogens with zero attached hydrogens (tertiary/aromatic N) is 1. The molecule has 1 rings (SSSR count). The van der Waals surface area contributed by atoms with Crippen LogP contribution >= 0.6 is 0 Å². The van der Waals surface area contributed by atoms with Gasteiger partial charge in [-0.15, -0.1) is 0 Å². The number of hydrogen-bond acceptors (Lipinski definition) is 3. The van der Waals surface area contributed by atoms with Crippen LogP contribution in [0, 0.1) is 5.41 Å². The normalized spacial score (nSPS) is 24.9. The molecule has 81 valence electrons. The Hall–Kier alpha value is -0.410. The minimum Gasteiger partial charge on any atom is -0.367 e. The molecule has 0 aromatic heterocycles. The molecule has 0 amide bonds. The van der Waals surface area contributed by atoms with Crippen LogP contribution in [0.1, 0.15) is 27.2 Å². The minimum absolute atomic E-state index is 0.330. The Morgan fingerprint density at radius 2 is 2.21 bits per heavy atom. The van der Waals surface area contributed by atoms with Crippen molar-refractivity contribution in [2.24, 2.45) is 5.41 Å². The van der Waals surface area contributed by atoms with Crippen LogP contribution in [0.4, 0.5) is 0 Å². The SMILES string of the molecule is CC(C)(C)CCN1CCOC([C]=O)C1. The van der Waals surface area contributed by atoms with E-state index in [1.165, 1.54) is 0 Å². The fraction of sp³-hybridized carbons (Fsp3) is 0.909. The third-order valence-electron chi connectivity index (χ3n) is 2.46. The van der Waals surface area contributed by atoms with Gasteiger partial charge in [0.15, 0.2) is 0 Å². The molecule has 0 aliphatic carbocycles. The summed E-state index contributed by atoms with van der Waals surface area (Å²) in [5.74, 6) is 0. The van der Waals surface area contributed by atoms with Crippen LogP contribution < -0.4 is 0 Å². The lowest BCUT2D eigenvalue weighted by atomic mass is 9.92. The summed E-state index contributed by atoms with van der Waals surface area (Å²) in [6.45, 7) is 10.0. The Balaban J connectivity index is 2.27. The quantitative estimate of drug-likeness (QED) is 0.683. The molecule has 14 heavy (non-hydrogen) atoms. The summed E-state index contributed by atoms with van der Waals surface area (Å²) in [5, 5.41) is 0. The van der Waals surface area contributed by atoms with E-state index < -0.39 is 0 Å². The smallest absolute Gasteiger partial charge is 0.231 e. The maximum Gasteiger partial charge on any atom is 0.231 e. The van der Waals surface area contributed by atoms with Crippen LogP contribution in [0.25, 0.3) is 0 Å². The lowest BCUT2D eigenvalue weighted by molar-refractivity contribution is 0.00224. The predicted octanol–water partition coefficient (Wildman–Crippen LogP) is 1.23. The van der Waals surface area contributed by atoms with Crippen molar-refractivity contribution in [3.8, 4) is 0 Å². The summed E-state index contributed by atoms with van der Waals surface area (Å²) in [7, 11) is 0. The number of rotatable bonds is 3. The third-order valence-corrected chi connectivity index (χ3v) is 2.46. The van der Waals surface area contributed by atoms with E-state index in [-0.39, 0.29) is 6.10 Å². The molecule has 1 aliphatic rings. The second-order valence-corrected chi connectivity index (χ2v) is 5.09. The van der Waals surface area contributed by atoms with Gasteiger partial charge in [-0.1, -0.05) is 20.8 Å². The van der Waals surface area contributed by atoms with Crippen LogP contribution in [0.2, 0.25) is 0 Å². The zero-order valence-corrected chi connectivity index (χ0v) is 9.38. The van der Waals surface area contributed by atoms with Gasteiger partial charge in [-0.2, -0.15) is 0 Å². The Bertz CT molecular complexity index is 186. The van der Waals surface area contributed by atoms with Gasteiger partial charge in [0.2, 0.25) is 6.29 Å². The van der Waals surface area contributed by atoms with Crippen molar-refractivity contribution in [2.45, 2.75) is 33.3 Å². The average Bonchev–Trinajstić information content (AvgIpc) is 2.14. The van der Waals surface area contributed by atoms with E-state index >= 15 is 0 Å². The van der Waals surface area contributed by atoms with Crippen LogP contribution in [0.15, 0.2) is 0 Å². The number of ether oxygens (including phenoxy) is 1. The molecule has 0 saturated carbocycles. The van der Waals surface area contributed by atoms with Crippen molar-refractivity contribution in [2.75, 3.05) is 26.2 Å². The first kappa shape index (κ1) is 11.7. The van der Waals surface area contributed by atoms with Crippen LogP contribution in [-0.4, -0.2) is 43.5 Å². The highest BCUT2D eigenvalue weighted by molar-refractivity contribution is 5.57. The summed E-state index contributed by atoms with van der Waals surface area (Å²) in [4.78, 5) is 12.7. The molecule has 1 saturated heterocycles. The molecule has 0 aromatic rings. The molecule has 1 aliphatic heterocycles. The topological polar surface area (TPSA) is 29.5 Å². The van der Waals surface area contributed by atoms with Crippen molar-refractivity contribution in [3.05, 3.63) is 0 Å². The van der Waals surface area contributed by atoms with Crippen LogP contribution in [0.3, 0.4) is 0 Å². The molecule has 1 fully saturated rings. The Morgan fingerprint density at radius 3 is 2.79 bits per heavy atom. The minimum atomic E-state index is -0.330. The number of hydrogen-bond donors (Lipinski definition) is 0. The fourth-order valence-electron chi connectivity index (χ4n) is 1.47. The Morgan fingerprint density at radius 1 is 1.50 bits per heavy atom. The van der Waals surface area contributed by atoms with E-state index in [2.05, 4.69) is 25.7 Å². The molecular weight excluding hydrogens is 178 g/mol. The second-order valence-electron chi connectivity index (χ2n) is 5.09. The van der Waals surface area contributed by atoms with Gasteiger partial charge in [0.1, 0.15) is 6.10 Å². The van der Waals surface area contributed by atoms with Gasteiger partial charge in [0, 0.05) is 13.1 Å². The number of morpholine rings is 1. The lowest BCUT2D eigenvalue weighted by Crippen LogP contribution is -2.44. The highest BCUT2D eigenvalue weighted by Gasteiger charge is 2.21. The van der Waals surface area contributed by atoms with Crippen LogP contribution in [-0.2, 0) is 9.53 Å². The van der Waals surface area contributed by atoms with Crippen molar-refractivity contribution in [1.82, 2.24) is 4.90 Å². The maximum absolute atomic E-state index is 10.4. The number of carbonyl (C=O) groups excluding carboxylic acids is 1. The van der Waals surface area contributed by atoms with E-state index in [0.29, 0.717) is 18.6 Å². The third kappa shape index (κ3) is 4.20. The van der Waals surface area contributed by atoms with E-state index in [4.69, 9.17) is 4.74 Å². The molecule has 3 nitrogen and oxygen atoms in total. The fourth-order valence-corrected chi connectivity index (χ4v) is 1.47. The summed E-state index contributed by atoms with van der Waals surface area (Å²) < 4.78 is 5.22. The van der Waals surface area contributed by atoms with Crippen molar-refractivity contribution < 1.29 is 9.53 Å². The molecule has 0 aromatic carbocycles. The van der Waals surface area contributed by atoms with E-state index in [0.717, 1.165) is 19.5 Å². The molecule has 1 unspecified atom stereocenters. The molecule has 3 heteroatoms. The lowest BCUT2D eigenvalue weighted by Gasteiger charge is -2.32. The van der Waals surface area contributed by atoms with E-state index in [1.54, 1.807) is 0 Å². The standard InChI is InChI=1S/C11H20NO2/c1-11(2,3)4-5-12-6-7-14-10(8-12)9-13/h10H,4-8H2,1-3H3. The van der Waals surface area contributed by atoms with Crippen LogP contribution in [0.5, 0.6) is 0 Å². The Labute approximate surface area is 86.4 Å². The first-order chi connectivity index (χ1) is 6.51. The van der Waals surface area contributed by atoms with Gasteiger partial charge in [-0.3, -0.25) is 9.69 Å². The summed E-state index contributed by atoms with van der Waals surface area (Å²) in [6, 6.07) is 0. The van der Waals surface area contributed by atoms with Gasteiger partial charge in [-0.05, 0) is 18.4 Å². The first-order valence-corrected chi connectivity index (χ1v) is 5.23. The largest absolute Gasteiger partial charge is 0.367 e. The first-order valence-electron chi connectivity index (χ1n) is 5.23. The van der Waals surface area contributed by atoms with E-state index in [1.807, 2.05) is 6.29 Å². The van der Waals surface area contributed by atoms with E-state index in [9.17, 15) is 4.79 Å². The highest BCUT2D eigenvalue weighted by atomic mass is 16.5. The molecule has 0 bridgehead atoms. The van der Waals surface area contributed by atoms with Gasteiger partial charge < -0.3 is 4.74 Å². The zero-order chi connectivity index (χ0) is 10.6. The molecule has 1 heterocycles. The van der Waals surface area contributed by atoms with Gasteiger partial charge in [0.05, 0.1) is 6.61 Å². The monoisotopic (exact) mass is 198 g/mol. The molecule has 1 atom stereocenters. The summed E-state index contributed by atoms with van der Waals surface area (Å²) >= 11 is 0. The van der Waals surface area contributed by atoms with Crippen molar-refractivity contribution in [3.63, 3.8) is 0 Å². The Kier molecular flexibility index (Phi) is 4.08. The molecular formula is C11H20NO2. The summed E-state index contributed by atoms with van der Waals surface area (Å²) in [6.07, 6.45) is 2.74. The van der Waals surface area contributed by atoms with Crippen molar-refractivity contribution in [1.29, 1.82) is 0 Å². The molecule has 0 N–H and O–H groups in total. The van der Waals surface area contributed by atoms with Gasteiger partial charge >= 0.3 is 0 Å². The average molecular weight is 198 g/mol. The molecule has 0 spiro atoms. The summed E-state index contributed by atoms with van der Waals surface area (Å²) in [5.41, 5.74) is 0.360. The van der Waals surface area contributed by atoms with Gasteiger partial charge in [0.25, 0.3) is 0 Å². The van der Waals surface area contributed by atoms with Gasteiger partial charge in [-0.25, -0.2) is 0 Å². The maximum atomic E-state index is 10.4. The van der Waals surface area contributed by atoms with Crippen molar-refractivity contribution >= 4 is 6.29 Å². The highest BCUT2D eigenvalue weighted by Crippen LogP contribution is 2.19. The zero-order valence-electron chi connectivity index (χ0n) is 9.38.